The fraction of sp³-hybridized carbons (Fsp3) is 0.0909. The van der Waals surface area contributed by atoms with Crippen LogP contribution in [0.1, 0.15) is 5.69 Å². The molecule has 6 heteroatoms. The molecule has 17 heavy (non-hydrogen) atoms. The number of hydrogen-bond donors (Lipinski definition) is 3. The number of H-pyrrole nitrogens is 2. The third-order valence-electron chi connectivity index (χ3n) is 2.68. The molecule has 0 spiro atoms. The van der Waals surface area contributed by atoms with Crippen molar-refractivity contribution >= 4 is 16.9 Å². The van der Waals surface area contributed by atoms with E-state index in [1.807, 2.05) is 13.0 Å². The lowest BCUT2D eigenvalue weighted by molar-refractivity contribution is 0.555. The fourth-order valence-electron chi connectivity index (χ4n) is 1.91. The molecule has 0 bridgehead atoms. The van der Waals surface area contributed by atoms with Crippen molar-refractivity contribution in [2.24, 2.45) is 0 Å². The van der Waals surface area contributed by atoms with Crippen LogP contribution < -0.4 is 11.5 Å². The monoisotopic (exact) mass is 230 g/mol. The van der Waals surface area contributed by atoms with E-state index in [0.717, 1.165) is 16.8 Å². The van der Waals surface area contributed by atoms with Gasteiger partial charge in [0.1, 0.15) is 0 Å². The predicted molar refractivity (Wildman–Crippen MR) is 63.6 cm³/mol. The SMILES string of the molecule is Cc1[nH]nc(N)c1-c1ccc2[nH]c(=O)oc2c1. The maximum absolute atomic E-state index is 11.1. The van der Waals surface area contributed by atoms with Crippen molar-refractivity contribution in [3.8, 4) is 11.1 Å². The highest BCUT2D eigenvalue weighted by molar-refractivity contribution is 5.84. The molecule has 0 unspecified atom stereocenters. The van der Waals surface area contributed by atoms with E-state index in [0.29, 0.717) is 16.9 Å². The van der Waals surface area contributed by atoms with Gasteiger partial charge in [-0.1, -0.05) is 6.07 Å². The highest BCUT2D eigenvalue weighted by Crippen LogP contribution is 2.29. The van der Waals surface area contributed by atoms with Crippen molar-refractivity contribution in [3.05, 3.63) is 34.4 Å². The van der Waals surface area contributed by atoms with Gasteiger partial charge in [-0.2, -0.15) is 5.10 Å². The van der Waals surface area contributed by atoms with Crippen LogP contribution >= 0.6 is 0 Å². The van der Waals surface area contributed by atoms with Gasteiger partial charge in [-0.3, -0.25) is 10.1 Å². The number of fused-ring (bicyclic) bond motifs is 1. The Morgan fingerprint density at radius 2 is 2.24 bits per heavy atom. The average Bonchev–Trinajstić information content (AvgIpc) is 2.80. The molecule has 0 amide bonds. The molecule has 0 saturated heterocycles. The molecule has 0 fully saturated rings. The van der Waals surface area contributed by atoms with Crippen LogP contribution in [0.2, 0.25) is 0 Å². The van der Waals surface area contributed by atoms with E-state index in [9.17, 15) is 4.79 Å². The number of anilines is 1. The average molecular weight is 230 g/mol. The Bertz CT molecular complexity index is 731. The topological polar surface area (TPSA) is 101 Å². The van der Waals surface area contributed by atoms with E-state index >= 15 is 0 Å². The van der Waals surface area contributed by atoms with Gasteiger partial charge in [0.25, 0.3) is 0 Å². The number of nitrogens with one attached hydrogen (secondary N) is 2. The van der Waals surface area contributed by atoms with Gasteiger partial charge in [0.2, 0.25) is 0 Å². The van der Waals surface area contributed by atoms with E-state index in [-0.39, 0.29) is 0 Å². The van der Waals surface area contributed by atoms with E-state index in [1.165, 1.54) is 0 Å². The molecule has 2 heterocycles. The van der Waals surface area contributed by atoms with Gasteiger partial charge in [-0.25, -0.2) is 4.79 Å². The Hall–Kier alpha value is -2.50. The van der Waals surface area contributed by atoms with Crippen LogP contribution in [0.3, 0.4) is 0 Å². The third kappa shape index (κ3) is 1.42. The van der Waals surface area contributed by atoms with Crippen molar-refractivity contribution in [2.45, 2.75) is 6.92 Å². The summed E-state index contributed by atoms with van der Waals surface area (Å²) >= 11 is 0. The number of benzene rings is 1. The molecule has 3 aromatic rings. The van der Waals surface area contributed by atoms with E-state index in [1.54, 1.807) is 12.1 Å². The highest BCUT2D eigenvalue weighted by Gasteiger charge is 2.11. The van der Waals surface area contributed by atoms with Crippen LogP contribution in [0.15, 0.2) is 27.4 Å². The summed E-state index contributed by atoms with van der Waals surface area (Å²) < 4.78 is 5.00. The first kappa shape index (κ1) is 9.71. The lowest BCUT2D eigenvalue weighted by Crippen LogP contribution is -1.92. The fourth-order valence-corrected chi connectivity index (χ4v) is 1.91. The van der Waals surface area contributed by atoms with Gasteiger partial charge in [-0.15, -0.1) is 0 Å². The second kappa shape index (κ2) is 3.24. The maximum Gasteiger partial charge on any atom is 0.417 e. The largest absolute Gasteiger partial charge is 0.417 e. The van der Waals surface area contributed by atoms with Gasteiger partial charge < -0.3 is 10.2 Å². The summed E-state index contributed by atoms with van der Waals surface area (Å²) in [4.78, 5) is 13.6. The summed E-state index contributed by atoms with van der Waals surface area (Å²) in [5, 5.41) is 6.74. The zero-order valence-electron chi connectivity index (χ0n) is 9.07. The maximum atomic E-state index is 11.1. The van der Waals surface area contributed by atoms with E-state index in [2.05, 4.69) is 15.2 Å². The zero-order valence-corrected chi connectivity index (χ0v) is 9.07. The third-order valence-corrected chi connectivity index (χ3v) is 2.68. The zero-order chi connectivity index (χ0) is 12.0. The van der Waals surface area contributed by atoms with Gasteiger partial charge in [0.05, 0.1) is 5.52 Å². The van der Waals surface area contributed by atoms with E-state index in [4.69, 9.17) is 10.2 Å². The van der Waals surface area contributed by atoms with Crippen molar-refractivity contribution in [3.63, 3.8) is 0 Å². The lowest BCUT2D eigenvalue weighted by Gasteiger charge is -2.00. The number of oxazole rings is 1. The molecule has 0 aliphatic rings. The summed E-state index contributed by atoms with van der Waals surface area (Å²) in [6.45, 7) is 1.89. The quantitative estimate of drug-likeness (QED) is 0.588. The standard InChI is InChI=1S/C11H10N4O2/c1-5-9(10(12)15-14-5)6-2-3-7-8(4-6)17-11(16)13-7/h2-4H,1H3,(H,13,16)(H3,12,14,15). The minimum atomic E-state index is -0.464. The van der Waals surface area contributed by atoms with Gasteiger partial charge in [-0.05, 0) is 24.6 Å². The molecule has 0 atom stereocenters. The number of nitrogen functional groups attached to an aromatic ring is 1. The first-order valence-electron chi connectivity index (χ1n) is 5.09. The van der Waals surface area contributed by atoms with E-state index < -0.39 is 5.76 Å². The van der Waals surface area contributed by atoms with Crippen molar-refractivity contribution in [1.29, 1.82) is 0 Å². The Morgan fingerprint density at radius 3 is 2.94 bits per heavy atom. The number of nitrogens with two attached hydrogens (primary N) is 1. The molecule has 0 saturated carbocycles. The molecule has 6 nitrogen and oxygen atoms in total. The van der Waals surface area contributed by atoms with Crippen LogP contribution in [0.25, 0.3) is 22.2 Å². The molecule has 1 aromatic carbocycles. The summed E-state index contributed by atoms with van der Waals surface area (Å²) in [5.74, 6) is -0.0335. The Labute approximate surface area is 95.4 Å². The van der Waals surface area contributed by atoms with Crippen LogP contribution in [-0.4, -0.2) is 15.2 Å². The number of aryl methyl sites for hydroxylation is 1. The Kier molecular flexibility index (Phi) is 1.85. The lowest BCUT2D eigenvalue weighted by atomic mass is 10.1. The van der Waals surface area contributed by atoms with Crippen molar-refractivity contribution in [1.82, 2.24) is 15.2 Å². The van der Waals surface area contributed by atoms with Crippen molar-refractivity contribution < 1.29 is 4.42 Å². The van der Waals surface area contributed by atoms with Crippen LogP contribution in [0, 0.1) is 6.92 Å². The predicted octanol–water partition coefficient (Wildman–Crippen LogP) is 1.40. The van der Waals surface area contributed by atoms with Crippen LogP contribution in [0.4, 0.5) is 5.82 Å². The van der Waals surface area contributed by atoms with Gasteiger partial charge >= 0.3 is 5.76 Å². The summed E-state index contributed by atoms with van der Waals surface area (Å²) in [7, 11) is 0. The van der Waals surface area contributed by atoms with Crippen LogP contribution in [-0.2, 0) is 0 Å². The number of hydrogen-bond acceptors (Lipinski definition) is 4. The molecule has 4 N–H and O–H groups in total. The first-order chi connectivity index (χ1) is 8.15. The molecule has 0 radical (unpaired) electrons. The summed E-state index contributed by atoms with van der Waals surface area (Å²) in [5.41, 5.74) is 9.52. The summed E-state index contributed by atoms with van der Waals surface area (Å²) in [6.07, 6.45) is 0. The van der Waals surface area contributed by atoms with Gasteiger partial charge in [0, 0.05) is 11.3 Å². The summed E-state index contributed by atoms with van der Waals surface area (Å²) in [6, 6.07) is 5.41. The normalized spacial score (nSPS) is 11.1. The number of rotatable bonds is 1. The first-order valence-corrected chi connectivity index (χ1v) is 5.09. The van der Waals surface area contributed by atoms with Crippen molar-refractivity contribution in [2.75, 3.05) is 5.73 Å². The smallest absolute Gasteiger partial charge is 0.408 e. The molecule has 2 aromatic heterocycles. The minimum absolute atomic E-state index is 0.430. The van der Waals surface area contributed by atoms with Gasteiger partial charge in [0.15, 0.2) is 11.4 Å². The Balaban J connectivity index is 2.27. The molecule has 0 aliphatic carbocycles. The highest BCUT2D eigenvalue weighted by atomic mass is 16.4. The Morgan fingerprint density at radius 1 is 1.41 bits per heavy atom. The second-order valence-corrected chi connectivity index (χ2v) is 3.83. The number of aromatic amines is 2. The molecular weight excluding hydrogens is 220 g/mol. The van der Waals surface area contributed by atoms with Crippen LogP contribution in [0.5, 0.6) is 0 Å². The number of nitrogens with zero attached hydrogens (tertiary/aromatic N) is 1. The molecule has 0 aliphatic heterocycles. The number of aromatic nitrogens is 3. The second-order valence-electron chi connectivity index (χ2n) is 3.83. The molecule has 86 valence electrons. The molecular formula is C11H10N4O2. The molecule has 3 rings (SSSR count). The minimum Gasteiger partial charge on any atom is -0.408 e.